The Bertz CT molecular complexity index is 641. The molecule has 8 heteroatoms. The highest BCUT2D eigenvalue weighted by atomic mass is 16.5. The average Bonchev–Trinajstić information content (AvgIpc) is 2.95. The van der Waals surface area contributed by atoms with Crippen LogP contribution in [0.5, 0.6) is 0 Å². The van der Waals surface area contributed by atoms with Gasteiger partial charge in [-0.15, -0.1) is 0 Å². The van der Waals surface area contributed by atoms with E-state index in [0.717, 1.165) is 6.42 Å². The second-order valence-electron chi connectivity index (χ2n) is 4.79. The number of rotatable bonds is 6. The molecule has 2 amide bonds. The summed E-state index contributed by atoms with van der Waals surface area (Å²) in [4.78, 5) is 21.7. The van der Waals surface area contributed by atoms with Crippen LogP contribution in [0.2, 0.25) is 0 Å². The van der Waals surface area contributed by atoms with Gasteiger partial charge in [-0.05, 0) is 10.2 Å². The first-order chi connectivity index (χ1) is 10.5. The summed E-state index contributed by atoms with van der Waals surface area (Å²) in [6.07, 6.45) is 2.32. The van der Waals surface area contributed by atoms with E-state index in [2.05, 4.69) is 15.9 Å². The van der Waals surface area contributed by atoms with Gasteiger partial charge < -0.3 is 10.4 Å². The Kier molecular flexibility index (Phi) is 5.07. The number of carboxylic acid groups (broad SMARTS) is 1. The first-order valence-corrected chi connectivity index (χ1v) is 6.73. The van der Waals surface area contributed by atoms with Crippen molar-refractivity contribution >= 4 is 17.9 Å². The largest absolute Gasteiger partial charge is 0.480 e. The second-order valence-corrected chi connectivity index (χ2v) is 4.79. The van der Waals surface area contributed by atoms with Crippen LogP contribution in [0.4, 0.5) is 10.7 Å². The number of hydrogen-bond acceptors (Lipinski definition) is 4. The van der Waals surface area contributed by atoms with Crippen molar-refractivity contribution in [2.24, 2.45) is 0 Å². The zero-order chi connectivity index (χ0) is 15.9. The minimum Gasteiger partial charge on any atom is -0.480 e. The molecule has 0 spiro atoms. The van der Waals surface area contributed by atoms with Crippen molar-refractivity contribution in [3.05, 3.63) is 42.1 Å². The molecule has 0 fully saturated rings. The lowest BCUT2D eigenvalue weighted by Crippen LogP contribution is -2.40. The summed E-state index contributed by atoms with van der Waals surface area (Å²) in [7, 11) is 0. The van der Waals surface area contributed by atoms with E-state index in [1.807, 2.05) is 37.3 Å². The van der Waals surface area contributed by atoms with Crippen molar-refractivity contribution in [3.63, 3.8) is 0 Å². The number of carbonyl (C=O) groups excluding carboxylic acids is 1. The van der Waals surface area contributed by atoms with Gasteiger partial charge in [0.05, 0.1) is 0 Å². The third kappa shape index (κ3) is 4.58. The van der Waals surface area contributed by atoms with Crippen molar-refractivity contribution in [2.75, 3.05) is 11.9 Å². The molecule has 2 rings (SSSR count). The summed E-state index contributed by atoms with van der Waals surface area (Å²) >= 11 is 0. The van der Waals surface area contributed by atoms with E-state index >= 15 is 0 Å². The van der Waals surface area contributed by atoms with Gasteiger partial charge in [0.2, 0.25) is 5.27 Å². The number of nitrogens with zero attached hydrogens (tertiary/aromatic N) is 2. The van der Waals surface area contributed by atoms with Gasteiger partial charge >= 0.3 is 17.9 Å². The number of anilines is 1. The monoisotopic (exact) mass is 305 g/mol. The van der Waals surface area contributed by atoms with Crippen LogP contribution in [-0.2, 0) is 11.2 Å². The summed E-state index contributed by atoms with van der Waals surface area (Å²) in [6.45, 7) is 1.51. The normalized spacial score (nSPS) is 11.7. The Labute approximate surface area is 126 Å². The van der Waals surface area contributed by atoms with Gasteiger partial charge in [0, 0.05) is 13.3 Å². The zero-order valence-corrected chi connectivity index (χ0v) is 12.0. The number of aliphatic carboxylic acids is 1. The minimum atomic E-state index is -1.13. The van der Waals surface area contributed by atoms with E-state index in [1.54, 1.807) is 10.9 Å². The van der Waals surface area contributed by atoms with Crippen LogP contribution in [0.3, 0.4) is 0 Å². The average molecular weight is 305 g/mol. The molecule has 0 aliphatic heterocycles. The minimum absolute atomic E-state index is 0.0452. The summed E-state index contributed by atoms with van der Waals surface area (Å²) in [5.74, 6) is -0.984. The van der Waals surface area contributed by atoms with Crippen molar-refractivity contribution in [3.8, 4) is 0 Å². The Morgan fingerprint density at radius 3 is 2.77 bits per heavy atom. The van der Waals surface area contributed by atoms with Crippen molar-refractivity contribution in [2.45, 2.75) is 19.4 Å². The molecule has 0 saturated carbocycles. The van der Waals surface area contributed by atoms with E-state index in [0.29, 0.717) is 0 Å². The molecule has 8 nitrogen and oxygen atoms in total. The molecular weight excluding hydrogens is 288 g/mol. The fraction of sp³-hybridized carbons (Fsp3) is 0.286. The molecular formula is C14H17N4O4+. The number of benzene rings is 1. The van der Waals surface area contributed by atoms with Gasteiger partial charge in [-0.25, -0.2) is 4.79 Å². The maximum atomic E-state index is 11.4. The van der Waals surface area contributed by atoms with Crippen LogP contribution < -0.4 is 15.3 Å². The summed E-state index contributed by atoms with van der Waals surface area (Å²) in [5, 5.41) is 16.8. The highest BCUT2D eigenvalue weighted by Crippen LogP contribution is 2.09. The smallest absolute Gasteiger partial charge is 0.323 e. The van der Waals surface area contributed by atoms with E-state index in [4.69, 9.17) is 9.63 Å². The van der Waals surface area contributed by atoms with Gasteiger partial charge in [0.25, 0.3) is 6.20 Å². The van der Waals surface area contributed by atoms with Crippen molar-refractivity contribution < 1.29 is 23.9 Å². The van der Waals surface area contributed by atoms with Crippen LogP contribution >= 0.6 is 0 Å². The van der Waals surface area contributed by atoms with Gasteiger partial charge in [-0.2, -0.15) is 0 Å². The topological polar surface area (TPSA) is 108 Å². The Balaban J connectivity index is 1.90. The number of urea groups is 1. The predicted molar refractivity (Wildman–Crippen MR) is 76.2 cm³/mol. The van der Waals surface area contributed by atoms with E-state index in [9.17, 15) is 9.59 Å². The SMILES string of the molecule is C[C@@H](Cc1ccccc1)[n+]1cc(NC(=O)NCC(=O)O)on1. The molecule has 0 aliphatic rings. The molecule has 0 bridgehead atoms. The number of hydrogen-bond donors (Lipinski definition) is 3. The molecule has 116 valence electrons. The van der Waals surface area contributed by atoms with Crippen LogP contribution in [0.25, 0.3) is 0 Å². The molecule has 0 radical (unpaired) electrons. The van der Waals surface area contributed by atoms with Crippen LogP contribution in [0, 0.1) is 0 Å². The second kappa shape index (κ2) is 7.21. The molecule has 0 saturated heterocycles. The fourth-order valence-corrected chi connectivity index (χ4v) is 1.88. The number of aromatic nitrogens is 2. The van der Waals surface area contributed by atoms with Crippen molar-refractivity contribution in [1.29, 1.82) is 0 Å². The summed E-state index contributed by atoms with van der Waals surface area (Å²) < 4.78 is 6.59. The third-order valence-corrected chi connectivity index (χ3v) is 2.95. The Morgan fingerprint density at radius 2 is 2.09 bits per heavy atom. The maximum Gasteiger partial charge on any atom is 0.323 e. The lowest BCUT2D eigenvalue weighted by Gasteiger charge is -2.01. The highest BCUT2D eigenvalue weighted by Gasteiger charge is 2.21. The quantitative estimate of drug-likeness (QED) is 0.689. The van der Waals surface area contributed by atoms with E-state index in [1.165, 1.54) is 5.56 Å². The molecule has 0 aliphatic carbocycles. The summed E-state index contributed by atoms with van der Waals surface area (Å²) in [6, 6.07) is 9.32. The molecule has 1 aromatic carbocycles. The molecule has 1 heterocycles. The number of nitrogens with one attached hydrogen (secondary N) is 2. The molecule has 1 atom stereocenters. The first-order valence-electron chi connectivity index (χ1n) is 6.73. The van der Waals surface area contributed by atoms with Crippen LogP contribution in [0.15, 0.2) is 41.1 Å². The third-order valence-electron chi connectivity index (χ3n) is 2.95. The van der Waals surface area contributed by atoms with Crippen LogP contribution in [-0.4, -0.2) is 28.9 Å². The molecule has 3 N–H and O–H groups in total. The van der Waals surface area contributed by atoms with E-state index < -0.39 is 18.5 Å². The first kappa shape index (κ1) is 15.5. The molecule has 2 aromatic rings. The van der Waals surface area contributed by atoms with Gasteiger partial charge in [-0.3, -0.25) is 14.6 Å². The Morgan fingerprint density at radius 1 is 1.36 bits per heavy atom. The number of amides is 2. The molecule has 1 aromatic heterocycles. The molecule has 22 heavy (non-hydrogen) atoms. The number of carboxylic acids is 1. The predicted octanol–water partition coefficient (Wildman–Crippen LogP) is 0.972. The maximum absolute atomic E-state index is 11.4. The van der Waals surface area contributed by atoms with Gasteiger partial charge in [0.15, 0.2) is 6.04 Å². The Hall–Kier alpha value is -2.90. The fourth-order valence-electron chi connectivity index (χ4n) is 1.88. The van der Waals surface area contributed by atoms with Crippen LogP contribution in [0.1, 0.15) is 18.5 Å². The van der Waals surface area contributed by atoms with Crippen molar-refractivity contribution in [1.82, 2.24) is 10.6 Å². The van der Waals surface area contributed by atoms with E-state index in [-0.39, 0.29) is 11.9 Å². The lowest BCUT2D eigenvalue weighted by molar-refractivity contribution is -0.782. The number of carbonyl (C=O) groups is 2. The highest BCUT2D eigenvalue weighted by molar-refractivity contribution is 5.89. The molecule has 0 unspecified atom stereocenters. The van der Waals surface area contributed by atoms with Gasteiger partial charge in [-0.1, -0.05) is 30.3 Å². The lowest BCUT2D eigenvalue weighted by atomic mass is 10.1. The summed E-state index contributed by atoms with van der Waals surface area (Å²) in [5.41, 5.74) is 1.17. The van der Waals surface area contributed by atoms with Gasteiger partial charge in [0.1, 0.15) is 6.54 Å². The zero-order valence-electron chi connectivity index (χ0n) is 12.0. The standard InChI is InChI=1S/C14H16N4O4/c1-10(7-11-5-3-2-4-6-11)18-9-12(22-17-18)16-14(21)15-8-13(19)20/h2-6,9-10H,7-8H2,1H3,(H2-,15,16,17,19,20,21)/p+1/t10-/m0/s1.